The second-order valence-electron chi connectivity index (χ2n) is 3.04. The third kappa shape index (κ3) is 4.39. The van der Waals surface area contributed by atoms with Crippen molar-refractivity contribution in [3.05, 3.63) is 12.3 Å². The number of ether oxygens (including phenoxy) is 1. The predicted molar refractivity (Wildman–Crippen MR) is 42.3 cm³/mol. The number of rotatable bonds is 4. The second-order valence-corrected chi connectivity index (χ2v) is 3.04. The molecule has 0 spiro atoms. The maximum atomic E-state index is 5.31. The molecule has 0 bridgehead atoms. The van der Waals surface area contributed by atoms with Crippen molar-refractivity contribution < 1.29 is 10.5 Å². The van der Waals surface area contributed by atoms with Gasteiger partial charge in [-0.15, -0.1) is 0 Å². The Morgan fingerprint density at radius 1 is 1.50 bits per heavy atom. The van der Waals surface area contributed by atoms with E-state index < -0.39 is 0 Å². The minimum Gasteiger partial charge on any atom is -0.492 e. The lowest BCUT2D eigenvalue weighted by Crippen LogP contribution is -2.61. The fourth-order valence-corrected chi connectivity index (χ4v) is 0.416. The number of hydrogen-bond acceptors (Lipinski definition) is 1. The largest absolute Gasteiger partial charge is 0.492 e. The van der Waals surface area contributed by atoms with Gasteiger partial charge < -0.3 is 10.5 Å². The van der Waals surface area contributed by atoms with Gasteiger partial charge in [0.25, 0.3) is 0 Å². The molecule has 0 aliphatic rings. The standard InChI is InChI=1S/C8H17NO/c1-6(2)8(4)10-5-7(3)9/h6-7H,4-5,9H2,1-3H3/p+1/t7-/m0/s1. The van der Waals surface area contributed by atoms with Crippen molar-refractivity contribution in [1.29, 1.82) is 0 Å². The summed E-state index contributed by atoms with van der Waals surface area (Å²) in [5.41, 5.74) is 3.80. The first-order chi connectivity index (χ1) is 4.54. The lowest BCUT2D eigenvalue weighted by molar-refractivity contribution is -0.419. The first-order valence-electron chi connectivity index (χ1n) is 3.68. The molecule has 0 unspecified atom stereocenters. The summed E-state index contributed by atoms with van der Waals surface area (Å²) in [6.45, 7) is 10.6. The van der Waals surface area contributed by atoms with Crippen molar-refractivity contribution in [3.63, 3.8) is 0 Å². The summed E-state index contributed by atoms with van der Waals surface area (Å²) in [6, 6.07) is 0.343. The average molecular weight is 144 g/mol. The minimum absolute atomic E-state index is 0.343. The van der Waals surface area contributed by atoms with Crippen molar-refractivity contribution in [2.45, 2.75) is 26.8 Å². The normalized spacial score (nSPS) is 13.3. The number of allylic oxidation sites excluding steroid dienone is 1. The lowest BCUT2D eigenvalue weighted by Gasteiger charge is -2.11. The first kappa shape index (κ1) is 9.50. The molecule has 0 aromatic heterocycles. The van der Waals surface area contributed by atoms with E-state index in [1.54, 1.807) is 0 Å². The molecule has 1 atom stereocenters. The molecule has 0 heterocycles. The Kier molecular flexibility index (Phi) is 4.12. The summed E-state index contributed by atoms with van der Waals surface area (Å²) in [4.78, 5) is 0. The lowest BCUT2D eigenvalue weighted by atomic mass is 10.2. The Morgan fingerprint density at radius 2 is 2.00 bits per heavy atom. The Morgan fingerprint density at radius 3 is 2.30 bits per heavy atom. The predicted octanol–water partition coefficient (Wildman–Crippen LogP) is 0.803. The molecule has 0 aromatic rings. The van der Waals surface area contributed by atoms with E-state index in [0.717, 1.165) is 5.76 Å². The summed E-state index contributed by atoms with van der Waals surface area (Å²) in [5, 5.41) is 0. The van der Waals surface area contributed by atoms with Crippen LogP contribution < -0.4 is 5.73 Å². The van der Waals surface area contributed by atoms with Crippen LogP contribution in [-0.4, -0.2) is 12.6 Å². The van der Waals surface area contributed by atoms with E-state index in [4.69, 9.17) is 4.74 Å². The van der Waals surface area contributed by atoms with Gasteiger partial charge in [0.2, 0.25) is 0 Å². The van der Waals surface area contributed by atoms with Crippen LogP contribution in [0.3, 0.4) is 0 Å². The van der Waals surface area contributed by atoms with Crippen LogP contribution >= 0.6 is 0 Å². The van der Waals surface area contributed by atoms with E-state index in [1.165, 1.54) is 0 Å². The van der Waals surface area contributed by atoms with Gasteiger partial charge in [0.05, 0.1) is 5.76 Å². The number of hydrogen-bond donors (Lipinski definition) is 1. The molecular formula is C8H18NO+. The molecule has 2 heteroatoms. The Labute approximate surface area is 63.1 Å². The fourth-order valence-electron chi connectivity index (χ4n) is 0.416. The summed E-state index contributed by atoms with van der Waals surface area (Å²) >= 11 is 0. The van der Waals surface area contributed by atoms with Crippen LogP contribution in [0.5, 0.6) is 0 Å². The van der Waals surface area contributed by atoms with Crippen molar-refractivity contribution in [2.24, 2.45) is 5.92 Å². The zero-order valence-corrected chi connectivity index (χ0v) is 7.18. The molecule has 0 amide bonds. The molecule has 10 heavy (non-hydrogen) atoms. The van der Waals surface area contributed by atoms with Crippen LogP contribution in [0.2, 0.25) is 0 Å². The minimum atomic E-state index is 0.343. The van der Waals surface area contributed by atoms with E-state index in [-0.39, 0.29) is 0 Å². The van der Waals surface area contributed by atoms with E-state index in [2.05, 4.69) is 26.2 Å². The highest BCUT2D eigenvalue weighted by molar-refractivity contribution is 4.85. The molecule has 0 radical (unpaired) electrons. The van der Waals surface area contributed by atoms with Crippen molar-refractivity contribution in [3.8, 4) is 0 Å². The summed E-state index contributed by atoms with van der Waals surface area (Å²) in [7, 11) is 0. The van der Waals surface area contributed by atoms with E-state index in [0.29, 0.717) is 18.6 Å². The smallest absolute Gasteiger partial charge is 0.139 e. The van der Waals surface area contributed by atoms with Gasteiger partial charge in [-0.25, -0.2) is 0 Å². The molecule has 0 fully saturated rings. The molecule has 0 saturated heterocycles. The van der Waals surface area contributed by atoms with Gasteiger partial charge in [-0.2, -0.15) is 0 Å². The average Bonchev–Trinajstić information content (AvgIpc) is 1.82. The van der Waals surface area contributed by atoms with Crippen LogP contribution in [0.15, 0.2) is 12.3 Å². The van der Waals surface area contributed by atoms with Gasteiger partial charge in [0.15, 0.2) is 0 Å². The molecule has 3 N–H and O–H groups in total. The molecule has 0 rings (SSSR count). The second kappa shape index (κ2) is 4.34. The van der Waals surface area contributed by atoms with Gasteiger partial charge in [-0.1, -0.05) is 20.4 Å². The van der Waals surface area contributed by atoms with Crippen LogP contribution in [-0.2, 0) is 4.74 Å². The van der Waals surface area contributed by atoms with Gasteiger partial charge in [-0.05, 0) is 6.92 Å². The Balaban J connectivity index is 3.40. The van der Waals surface area contributed by atoms with Gasteiger partial charge in [-0.3, -0.25) is 0 Å². The van der Waals surface area contributed by atoms with Crippen LogP contribution in [0, 0.1) is 5.92 Å². The summed E-state index contributed by atoms with van der Waals surface area (Å²) < 4.78 is 5.31. The van der Waals surface area contributed by atoms with Gasteiger partial charge >= 0.3 is 0 Å². The molecule has 0 aromatic carbocycles. The van der Waals surface area contributed by atoms with Crippen LogP contribution in [0.4, 0.5) is 0 Å². The first-order valence-corrected chi connectivity index (χ1v) is 3.68. The van der Waals surface area contributed by atoms with Gasteiger partial charge in [0.1, 0.15) is 12.6 Å². The Hall–Kier alpha value is -0.500. The molecule has 0 aliphatic carbocycles. The molecule has 0 saturated carbocycles. The monoisotopic (exact) mass is 144 g/mol. The van der Waals surface area contributed by atoms with E-state index >= 15 is 0 Å². The highest BCUT2D eigenvalue weighted by Crippen LogP contribution is 2.07. The highest BCUT2D eigenvalue weighted by atomic mass is 16.5. The zero-order chi connectivity index (χ0) is 8.15. The topological polar surface area (TPSA) is 36.9 Å². The van der Waals surface area contributed by atoms with Crippen molar-refractivity contribution >= 4 is 0 Å². The number of quaternary nitrogens is 1. The molecular weight excluding hydrogens is 126 g/mol. The third-order valence-electron chi connectivity index (χ3n) is 1.20. The third-order valence-corrected chi connectivity index (χ3v) is 1.20. The quantitative estimate of drug-likeness (QED) is 0.582. The summed E-state index contributed by atoms with van der Waals surface area (Å²) in [6.07, 6.45) is 0. The molecule has 60 valence electrons. The van der Waals surface area contributed by atoms with Crippen LogP contribution in [0.25, 0.3) is 0 Å². The summed E-state index contributed by atoms with van der Waals surface area (Å²) in [5.74, 6) is 1.27. The van der Waals surface area contributed by atoms with E-state index in [9.17, 15) is 0 Å². The molecule has 2 nitrogen and oxygen atoms in total. The van der Waals surface area contributed by atoms with Crippen LogP contribution in [0.1, 0.15) is 20.8 Å². The Bertz CT molecular complexity index is 108. The highest BCUT2D eigenvalue weighted by Gasteiger charge is 2.03. The van der Waals surface area contributed by atoms with Gasteiger partial charge in [0, 0.05) is 5.92 Å². The fraction of sp³-hybridized carbons (Fsp3) is 0.750. The zero-order valence-electron chi connectivity index (χ0n) is 7.18. The molecule has 0 aliphatic heterocycles. The maximum absolute atomic E-state index is 5.31. The van der Waals surface area contributed by atoms with Crippen molar-refractivity contribution in [2.75, 3.05) is 6.61 Å². The SMILES string of the molecule is C=C(OC[C@H](C)[NH3+])C(C)C. The van der Waals surface area contributed by atoms with E-state index in [1.807, 2.05) is 6.92 Å². The maximum Gasteiger partial charge on any atom is 0.139 e. The van der Waals surface area contributed by atoms with Crippen molar-refractivity contribution in [1.82, 2.24) is 0 Å².